The molecule has 0 aliphatic rings. The maximum Gasteiger partial charge on any atom is 0.189 e. The van der Waals surface area contributed by atoms with Crippen molar-refractivity contribution in [2.45, 2.75) is 11.0 Å². The number of nitrogens with one attached hydrogen (secondary N) is 1. The highest BCUT2D eigenvalue weighted by Gasteiger charge is 2.26. The molecule has 1 heterocycles. The summed E-state index contributed by atoms with van der Waals surface area (Å²) in [6.07, 6.45) is 1.37. The van der Waals surface area contributed by atoms with Crippen LogP contribution in [0.1, 0.15) is 16.6 Å². The Kier molecular flexibility index (Phi) is 3.96. The fraction of sp³-hybridized carbons (Fsp3) is 0.182. The van der Waals surface area contributed by atoms with Crippen LogP contribution >= 0.6 is 11.6 Å². The van der Waals surface area contributed by atoms with Crippen molar-refractivity contribution in [3.8, 4) is 0 Å². The fourth-order valence-electron chi connectivity index (χ4n) is 1.66. The molecule has 8 heteroatoms. The summed E-state index contributed by atoms with van der Waals surface area (Å²) in [5, 5.41) is 12.6. The maximum atomic E-state index is 12.3. The first-order valence-corrected chi connectivity index (χ1v) is 7.44. The number of halogens is 1. The number of nitrogens with zero attached hydrogens (tertiary/aromatic N) is 3. The van der Waals surface area contributed by atoms with Crippen molar-refractivity contribution in [2.24, 2.45) is 0 Å². The zero-order chi connectivity index (χ0) is 13.9. The monoisotopic (exact) mass is 298 g/mol. The second kappa shape index (κ2) is 5.50. The summed E-state index contributed by atoms with van der Waals surface area (Å²) in [5.41, 5.74) is 0.600. The lowest BCUT2D eigenvalue weighted by Gasteiger charge is -2.13. The number of sulfone groups is 1. The van der Waals surface area contributed by atoms with E-state index in [4.69, 9.17) is 11.6 Å². The van der Waals surface area contributed by atoms with Crippen molar-refractivity contribution >= 4 is 21.4 Å². The van der Waals surface area contributed by atoms with E-state index in [1.807, 2.05) is 0 Å². The molecule has 1 N–H and O–H groups in total. The molecule has 6 nitrogen and oxygen atoms in total. The van der Waals surface area contributed by atoms with E-state index < -0.39 is 15.1 Å². The molecule has 2 rings (SSSR count). The Morgan fingerprint density at radius 3 is 2.58 bits per heavy atom. The second-order valence-corrected chi connectivity index (χ2v) is 6.40. The number of tetrazole rings is 1. The predicted octanol–water partition coefficient (Wildman–Crippen LogP) is 1.70. The van der Waals surface area contributed by atoms with Crippen molar-refractivity contribution in [3.05, 3.63) is 53.3 Å². The van der Waals surface area contributed by atoms with Gasteiger partial charge in [-0.3, -0.25) is 0 Å². The smallest absolute Gasteiger partial charge is 0.189 e. The lowest BCUT2D eigenvalue weighted by Crippen LogP contribution is -2.14. The standard InChI is InChI=1S/C11H11ClN4O2S/c1-2-10(8-3-5-9(12)6-4-8)19(17,18)7-11-13-15-16-14-11/h2-6,10H,1,7H2,(H,13,14,15,16). The zero-order valence-corrected chi connectivity index (χ0v) is 11.4. The molecule has 0 saturated heterocycles. The molecule has 0 amide bonds. The lowest BCUT2D eigenvalue weighted by molar-refractivity contribution is 0.588. The molecule has 1 atom stereocenters. The van der Waals surface area contributed by atoms with Crippen molar-refractivity contribution in [1.29, 1.82) is 0 Å². The highest BCUT2D eigenvalue weighted by Crippen LogP contribution is 2.27. The molecular formula is C11H11ClN4O2S. The Morgan fingerprint density at radius 2 is 2.05 bits per heavy atom. The quantitative estimate of drug-likeness (QED) is 0.849. The molecule has 19 heavy (non-hydrogen) atoms. The van der Waals surface area contributed by atoms with Crippen LogP contribution in [0.2, 0.25) is 5.02 Å². The predicted molar refractivity (Wildman–Crippen MR) is 71.2 cm³/mol. The third kappa shape index (κ3) is 3.18. The highest BCUT2D eigenvalue weighted by atomic mass is 35.5. The number of benzene rings is 1. The topological polar surface area (TPSA) is 88.6 Å². The molecule has 0 aliphatic heterocycles. The van der Waals surface area contributed by atoms with Crippen LogP contribution in [-0.2, 0) is 15.6 Å². The van der Waals surface area contributed by atoms with Gasteiger partial charge < -0.3 is 0 Å². The van der Waals surface area contributed by atoms with E-state index in [0.717, 1.165) is 0 Å². The van der Waals surface area contributed by atoms with Gasteiger partial charge in [0, 0.05) is 5.02 Å². The van der Waals surface area contributed by atoms with Gasteiger partial charge in [-0.1, -0.05) is 35.0 Å². The van der Waals surface area contributed by atoms with Crippen molar-refractivity contribution in [2.75, 3.05) is 0 Å². The van der Waals surface area contributed by atoms with Gasteiger partial charge in [-0.25, -0.2) is 8.42 Å². The maximum absolute atomic E-state index is 12.3. The van der Waals surface area contributed by atoms with Crippen LogP contribution in [0, 0.1) is 0 Å². The Morgan fingerprint density at radius 1 is 1.37 bits per heavy atom. The van der Waals surface area contributed by atoms with Crippen molar-refractivity contribution in [1.82, 2.24) is 20.6 Å². The molecule has 1 aromatic carbocycles. The van der Waals surface area contributed by atoms with Crippen LogP contribution in [0.15, 0.2) is 36.9 Å². The summed E-state index contributed by atoms with van der Waals surface area (Å²) in [6, 6.07) is 6.58. The molecular weight excluding hydrogens is 288 g/mol. The lowest BCUT2D eigenvalue weighted by atomic mass is 10.1. The largest absolute Gasteiger partial charge is 0.227 e. The third-order valence-electron chi connectivity index (χ3n) is 2.52. The minimum Gasteiger partial charge on any atom is -0.227 e. The molecule has 1 aromatic heterocycles. The van der Waals surface area contributed by atoms with Gasteiger partial charge in [0.1, 0.15) is 11.0 Å². The van der Waals surface area contributed by atoms with Gasteiger partial charge >= 0.3 is 0 Å². The number of H-pyrrole nitrogens is 1. The minimum atomic E-state index is -3.51. The number of aromatic nitrogens is 4. The SMILES string of the molecule is C=CC(c1ccc(Cl)cc1)S(=O)(=O)Cc1nn[nH]n1. The Labute approximate surface area is 115 Å². The molecule has 0 saturated carbocycles. The fourth-order valence-corrected chi connectivity index (χ4v) is 3.31. The van der Waals surface area contributed by atoms with Crippen LogP contribution in [0.4, 0.5) is 0 Å². The molecule has 0 bridgehead atoms. The summed E-state index contributed by atoms with van der Waals surface area (Å²) in [5.74, 6) is -0.177. The Balaban J connectivity index is 2.30. The van der Waals surface area contributed by atoms with Gasteiger partial charge in [0.2, 0.25) is 0 Å². The first-order chi connectivity index (χ1) is 9.03. The molecule has 0 aliphatic carbocycles. The van der Waals surface area contributed by atoms with Crippen molar-refractivity contribution < 1.29 is 8.42 Å². The molecule has 100 valence electrons. The number of rotatable bonds is 5. The molecule has 2 aromatic rings. The van der Waals surface area contributed by atoms with Gasteiger partial charge in [-0.15, -0.1) is 16.8 Å². The normalized spacial score (nSPS) is 13.1. The third-order valence-corrected chi connectivity index (χ3v) is 4.67. The minimum absolute atomic E-state index is 0.126. The summed E-state index contributed by atoms with van der Waals surface area (Å²) < 4.78 is 24.6. The summed E-state index contributed by atoms with van der Waals surface area (Å²) in [6.45, 7) is 3.58. The van der Waals surface area contributed by atoms with Crippen LogP contribution in [0.25, 0.3) is 0 Å². The average molecular weight is 299 g/mol. The van der Waals surface area contributed by atoms with Crippen LogP contribution in [-0.4, -0.2) is 29.0 Å². The summed E-state index contributed by atoms with van der Waals surface area (Å²) >= 11 is 5.78. The molecule has 0 fully saturated rings. The van der Waals surface area contributed by atoms with Gasteiger partial charge in [-0.2, -0.15) is 5.21 Å². The van der Waals surface area contributed by atoms with Crippen molar-refractivity contribution in [3.63, 3.8) is 0 Å². The van der Waals surface area contributed by atoms with Crippen LogP contribution in [0.3, 0.4) is 0 Å². The Hall–Kier alpha value is -1.73. The van der Waals surface area contributed by atoms with Crippen LogP contribution in [0.5, 0.6) is 0 Å². The van der Waals surface area contributed by atoms with Gasteiger partial charge in [-0.05, 0) is 17.7 Å². The molecule has 0 spiro atoms. The van der Waals surface area contributed by atoms with E-state index >= 15 is 0 Å². The van der Waals surface area contributed by atoms with Gasteiger partial charge in [0.15, 0.2) is 15.7 Å². The number of aromatic amines is 1. The van der Waals surface area contributed by atoms with E-state index in [-0.39, 0.29) is 11.6 Å². The summed E-state index contributed by atoms with van der Waals surface area (Å²) in [4.78, 5) is 0. The van der Waals surface area contributed by atoms with Crippen LogP contribution < -0.4 is 0 Å². The molecule has 0 radical (unpaired) electrons. The van der Waals surface area contributed by atoms with E-state index in [0.29, 0.717) is 10.6 Å². The first-order valence-electron chi connectivity index (χ1n) is 5.35. The Bertz CT molecular complexity index is 653. The average Bonchev–Trinajstić information content (AvgIpc) is 2.84. The van der Waals surface area contributed by atoms with Gasteiger partial charge in [0.05, 0.1) is 0 Å². The van der Waals surface area contributed by atoms with E-state index in [9.17, 15) is 8.42 Å². The second-order valence-electron chi connectivity index (χ2n) is 3.84. The highest BCUT2D eigenvalue weighted by molar-refractivity contribution is 7.91. The number of hydrogen-bond acceptors (Lipinski definition) is 5. The number of hydrogen-bond donors (Lipinski definition) is 1. The summed E-state index contributed by atoms with van der Waals surface area (Å²) in [7, 11) is -3.51. The molecule has 1 unspecified atom stereocenters. The van der Waals surface area contributed by atoms with E-state index in [1.54, 1.807) is 24.3 Å². The van der Waals surface area contributed by atoms with Gasteiger partial charge in [0.25, 0.3) is 0 Å². The zero-order valence-electron chi connectivity index (χ0n) is 9.82. The van der Waals surface area contributed by atoms with E-state index in [1.165, 1.54) is 6.08 Å². The van der Waals surface area contributed by atoms with E-state index in [2.05, 4.69) is 27.2 Å². The first kappa shape index (κ1) is 13.7.